The van der Waals surface area contributed by atoms with Gasteiger partial charge in [0.25, 0.3) is 0 Å². The first-order chi connectivity index (χ1) is 7.19. The lowest BCUT2D eigenvalue weighted by molar-refractivity contribution is -0.118. The van der Waals surface area contributed by atoms with Gasteiger partial charge in [0.05, 0.1) is 0 Å². The maximum Gasteiger partial charge on any atom is 0.226 e. The molecule has 0 unspecified atom stereocenters. The fourth-order valence-corrected chi connectivity index (χ4v) is 1.51. The molecular formula is C12H18N2O. The van der Waals surface area contributed by atoms with Gasteiger partial charge in [0.1, 0.15) is 0 Å². The Kier molecular flexibility index (Phi) is 4.16. The molecule has 0 aromatic heterocycles. The van der Waals surface area contributed by atoms with E-state index < -0.39 is 0 Å². The average Bonchev–Trinajstić information content (AvgIpc) is 2.22. The van der Waals surface area contributed by atoms with Crippen molar-refractivity contribution in [3.05, 3.63) is 24.3 Å². The normalized spacial score (nSPS) is 10.0. The third-order valence-corrected chi connectivity index (χ3v) is 2.29. The Morgan fingerprint density at radius 3 is 2.33 bits per heavy atom. The summed E-state index contributed by atoms with van der Waals surface area (Å²) in [4.78, 5) is 13.5. The topological polar surface area (TPSA) is 46.3 Å². The summed E-state index contributed by atoms with van der Waals surface area (Å²) >= 11 is 0. The zero-order valence-electron chi connectivity index (χ0n) is 9.36. The van der Waals surface area contributed by atoms with Crippen LogP contribution < -0.4 is 10.6 Å². The van der Waals surface area contributed by atoms with Crippen LogP contribution in [0.3, 0.4) is 0 Å². The van der Waals surface area contributed by atoms with Crippen molar-refractivity contribution in [2.24, 2.45) is 0 Å². The van der Waals surface area contributed by atoms with Crippen LogP contribution in [0, 0.1) is 0 Å². The van der Waals surface area contributed by atoms with E-state index in [1.165, 1.54) is 0 Å². The van der Waals surface area contributed by atoms with Gasteiger partial charge in [-0.3, -0.25) is 4.79 Å². The largest absolute Gasteiger partial charge is 0.399 e. The fraction of sp³-hybridized carbons (Fsp3) is 0.417. The summed E-state index contributed by atoms with van der Waals surface area (Å²) in [5, 5.41) is 0. The molecule has 0 fully saturated rings. The number of carbonyl (C=O) groups is 1. The predicted molar refractivity (Wildman–Crippen MR) is 63.8 cm³/mol. The van der Waals surface area contributed by atoms with Gasteiger partial charge in [-0.05, 0) is 37.6 Å². The van der Waals surface area contributed by atoms with E-state index in [0.29, 0.717) is 13.0 Å². The number of nitrogens with two attached hydrogens (primary N) is 1. The average molecular weight is 206 g/mol. The molecule has 2 N–H and O–H groups in total. The predicted octanol–water partition coefficient (Wildman–Crippen LogP) is 2.42. The molecule has 1 amide bonds. The first kappa shape index (κ1) is 11.6. The van der Waals surface area contributed by atoms with Crippen LogP contribution in [0.25, 0.3) is 0 Å². The van der Waals surface area contributed by atoms with Crippen molar-refractivity contribution in [3.8, 4) is 0 Å². The number of hydrogen-bond acceptors (Lipinski definition) is 2. The Balaban J connectivity index is 2.82. The summed E-state index contributed by atoms with van der Waals surface area (Å²) in [7, 11) is 0. The van der Waals surface area contributed by atoms with E-state index in [0.717, 1.165) is 17.8 Å². The number of anilines is 2. The highest BCUT2D eigenvalue weighted by Gasteiger charge is 2.11. The monoisotopic (exact) mass is 206 g/mol. The Hall–Kier alpha value is -1.51. The van der Waals surface area contributed by atoms with E-state index in [9.17, 15) is 4.79 Å². The summed E-state index contributed by atoms with van der Waals surface area (Å²) in [6.45, 7) is 4.68. The number of amides is 1. The third kappa shape index (κ3) is 2.98. The SMILES string of the molecule is CCCC(=O)N(CC)c1ccc(N)cc1. The van der Waals surface area contributed by atoms with E-state index in [-0.39, 0.29) is 5.91 Å². The van der Waals surface area contributed by atoms with E-state index in [1.807, 2.05) is 38.1 Å². The summed E-state index contributed by atoms with van der Waals surface area (Å²) in [5.41, 5.74) is 7.24. The van der Waals surface area contributed by atoms with E-state index in [2.05, 4.69) is 0 Å². The number of nitrogens with zero attached hydrogens (tertiary/aromatic N) is 1. The van der Waals surface area contributed by atoms with Crippen LogP contribution in [0.1, 0.15) is 26.7 Å². The minimum absolute atomic E-state index is 0.171. The van der Waals surface area contributed by atoms with Crippen LogP contribution in [-0.4, -0.2) is 12.5 Å². The molecular weight excluding hydrogens is 188 g/mol. The molecule has 0 heterocycles. The van der Waals surface area contributed by atoms with E-state index >= 15 is 0 Å². The Bertz CT molecular complexity index is 319. The highest BCUT2D eigenvalue weighted by molar-refractivity contribution is 5.93. The fourth-order valence-electron chi connectivity index (χ4n) is 1.51. The molecule has 0 aliphatic heterocycles. The summed E-state index contributed by atoms with van der Waals surface area (Å²) < 4.78 is 0. The molecule has 0 atom stereocenters. The van der Waals surface area contributed by atoms with Gasteiger partial charge in [0.15, 0.2) is 0 Å². The molecule has 15 heavy (non-hydrogen) atoms. The molecule has 3 heteroatoms. The van der Waals surface area contributed by atoms with Crippen molar-refractivity contribution < 1.29 is 4.79 Å². The molecule has 3 nitrogen and oxygen atoms in total. The first-order valence-electron chi connectivity index (χ1n) is 5.35. The number of carbonyl (C=O) groups excluding carboxylic acids is 1. The van der Waals surface area contributed by atoms with Crippen molar-refractivity contribution in [2.75, 3.05) is 17.2 Å². The molecule has 0 aliphatic carbocycles. The third-order valence-electron chi connectivity index (χ3n) is 2.29. The lowest BCUT2D eigenvalue weighted by Gasteiger charge is -2.20. The van der Waals surface area contributed by atoms with Crippen molar-refractivity contribution in [3.63, 3.8) is 0 Å². The van der Waals surface area contributed by atoms with Gasteiger partial charge in [-0.15, -0.1) is 0 Å². The number of benzene rings is 1. The second-order valence-corrected chi connectivity index (χ2v) is 3.48. The molecule has 1 aromatic carbocycles. The zero-order valence-corrected chi connectivity index (χ0v) is 9.36. The summed E-state index contributed by atoms with van der Waals surface area (Å²) in [6, 6.07) is 7.40. The van der Waals surface area contributed by atoms with Crippen molar-refractivity contribution in [1.29, 1.82) is 0 Å². The van der Waals surface area contributed by atoms with Crippen LogP contribution in [0.5, 0.6) is 0 Å². The number of rotatable bonds is 4. The van der Waals surface area contributed by atoms with E-state index in [1.54, 1.807) is 4.90 Å². The molecule has 82 valence electrons. The van der Waals surface area contributed by atoms with Crippen LogP contribution in [0.4, 0.5) is 11.4 Å². The minimum atomic E-state index is 0.171. The van der Waals surface area contributed by atoms with Gasteiger partial charge in [-0.2, -0.15) is 0 Å². The lowest BCUT2D eigenvalue weighted by atomic mass is 10.2. The number of nitrogen functional groups attached to an aromatic ring is 1. The van der Waals surface area contributed by atoms with Crippen LogP contribution in [0.15, 0.2) is 24.3 Å². The standard InChI is InChI=1S/C12H18N2O/c1-3-5-12(15)14(4-2)11-8-6-10(13)7-9-11/h6-9H,3-5,13H2,1-2H3. The maximum absolute atomic E-state index is 11.8. The van der Waals surface area contributed by atoms with Crippen molar-refractivity contribution >= 4 is 17.3 Å². The van der Waals surface area contributed by atoms with Crippen LogP contribution >= 0.6 is 0 Å². The van der Waals surface area contributed by atoms with Gasteiger partial charge in [0.2, 0.25) is 5.91 Å². The molecule has 1 rings (SSSR count). The quantitative estimate of drug-likeness (QED) is 0.769. The number of hydrogen-bond donors (Lipinski definition) is 1. The van der Waals surface area contributed by atoms with Crippen molar-refractivity contribution in [2.45, 2.75) is 26.7 Å². The smallest absolute Gasteiger partial charge is 0.226 e. The molecule has 0 saturated carbocycles. The minimum Gasteiger partial charge on any atom is -0.399 e. The Morgan fingerprint density at radius 1 is 1.27 bits per heavy atom. The van der Waals surface area contributed by atoms with Crippen LogP contribution in [0.2, 0.25) is 0 Å². The zero-order chi connectivity index (χ0) is 11.3. The molecule has 0 bridgehead atoms. The molecule has 0 aliphatic rings. The van der Waals surface area contributed by atoms with E-state index in [4.69, 9.17) is 5.73 Å². The molecule has 1 aromatic rings. The van der Waals surface area contributed by atoms with Gasteiger partial charge < -0.3 is 10.6 Å². The Morgan fingerprint density at radius 2 is 1.87 bits per heavy atom. The highest BCUT2D eigenvalue weighted by Crippen LogP contribution is 2.17. The molecule has 0 saturated heterocycles. The molecule has 0 radical (unpaired) electrons. The Labute approximate surface area is 90.9 Å². The van der Waals surface area contributed by atoms with Crippen molar-refractivity contribution in [1.82, 2.24) is 0 Å². The second kappa shape index (κ2) is 5.39. The van der Waals surface area contributed by atoms with Gasteiger partial charge in [-0.1, -0.05) is 6.92 Å². The summed E-state index contributed by atoms with van der Waals surface area (Å²) in [5.74, 6) is 0.171. The highest BCUT2D eigenvalue weighted by atomic mass is 16.2. The summed E-state index contributed by atoms with van der Waals surface area (Å²) in [6.07, 6.45) is 1.47. The van der Waals surface area contributed by atoms with Gasteiger partial charge >= 0.3 is 0 Å². The van der Waals surface area contributed by atoms with Crippen LogP contribution in [-0.2, 0) is 4.79 Å². The maximum atomic E-state index is 11.8. The second-order valence-electron chi connectivity index (χ2n) is 3.48. The van der Waals surface area contributed by atoms with Gasteiger partial charge in [-0.25, -0.2) is 0 Å². The lowest BCUT2D eigenvalue weighted by Crippen LogP contribution is -2.30. The molecule has 0 spiro atoms. The first-order valence-corrected chi connectivity index (χ1v) is 5.35. The van der Waals surface area contributed by atoms with Gasteiger partial charge in [0, 0.05) is 24.3 Å².